The zero-order valence-corrected chi connectivity index (χ0v) is 12.9. The van der Waals surface area contributed by atoms with E-state index in [1.165, 1.54) is 11.1 Å². The van der Waals surface area contributed by atoms with Crippen LogP contribution in [0.25, 0.3) is 0 Å². The molecule has 0 aromatic heterocycles. The molecule has 0 amide bonds. The minimum absolute atomic E-state index is 0.0497. The number of rotatable bonds is 4. The van der Waals surface area contributed by atoms with Gasteiger partial charge in [0, 0.05) is 31.3 Å². The Morgan fingerprint density at radius 2 is 1.86 bits per heavy atom. The molecule has 1 aromatic rings. The lowest BCUT2D eigenvalue weighted by atomic mass is 9.74. The minimum atomic E-state index is -0.218. The Kier molecular flexibility index (Phi) is 4.60. The van der Waals surface area contributed by atoms with E-state index in [1.54, 1.807) is 7.11 Å². The van der Waals surface area contributed by atoms with Gasteiger partial charge in [0.25, 0.3) is 0 Å². The van der Waals surface area contributed by atoms with Gasteiger partial charge in [0.1, 0.15) is 0 Å². The van der Waals surface area contributed by atoms with E-state index >= 15 is 0 Å². The monoisotopic (exact) mass is 292 g/mol. The maximum Gasteiger partial charge on any atom is 0.184 e. The standard InChI is InChI=1S/C17H24O4/c1-13-3-4-14(11-15(13)16-20-9-10-21-16)17(12-18-2)5-7-19-8-6-17/h3-4,11,16H,5-10,12H2,1-2H3. The number of hydrogen-bond donors (Lipinski definition) is 0. The second-order valence-corrected chi connectivity index (χ2v) is 5.97. The van der Waals surface area contributed by atoms with E-state index in [9.17, 15) is 0 Å². The highest BCUT2D eigenvalue weighted by Crippen LogP contribution is 2.37. The summed E-state index contributed by atoms with van der Waals surface area (Å²) in [6, 6.07) is 6.64. The Hall–Kier alpha value is -0.940. The molecule has 0 spiro atoms. The highest BCUT2D eigenvalue weighted by atomic mass is 16.7. The topological polar surface area (TPSA) is 36.9 Å². The van der Waals surface area contributed by atoms with Crippen molar-refractivity contribution in [1.29, 1.82) is 0 Å². The molecule has 0 N–H and O–H groups in total. The largest absolute Gasteiger partial charge is 0.384 e. The van der Waals surface area contributed by atoms with Gasteiger partial charge in [0.15, 0.2) is 6.29 Å². The summed E-state index contributed by atoms with van der Waals surface area (Å²) < 4.78 is 22.4. The molecular formula is C17H24O4. The number of methoxy groups -OCH3 is 1. The van der Waals surface area contributed by atoms with E-state index in [0.29, 0.717) is 13.2 Å². The van der Waals surface area contributed by atoms with Gasteiger partial charge in [0.05, 0.1) is 19.8 Å². The first-order valence-corrected chi connectivity index (χ1v) is 7.66. The first-order valence-electron chi connectivity index (χ1n) is 7.66. The molecule has 2 saturated heterocycles. The molecule has 0 radical (unpaired) electrons. The van der Waals surface area contributed by atoms with Gasteiger partial charge < -0.3 is 18.9 Å². The van der Waals surface area contributed by atoms with E-state index in [2.05, 4.69) is 25.1 Å². The Bertz CT molecular complexity index is 468. The van der Waals surface area contributed by atoms with Crippen molar-refractivity contribution >= 4 is 0 Å². The second kappa shape index (κ2) is 6.44. The Morgan fingerprint density at radius 1 is 1.14 bits per heavy atom. The zero-order chi connectivity index (χ0) is 14.7. The van der Waals surface area contributed by atoms with Crippen LogP contribution in [0.1, 0.15) is 35.8 Å². The van der Waals surface area contributed by atoms with Crippen LogP contribution < -0.4 is 0 Å². The summed E-state index contributed by atoms with van der Waals surface area (Å²) in [5, 5.41) is 0. The molecule has 0 aliphatic carbocycles. The lowest BCUT2D eigenvalue weighted by molar-refractivity contribution is -0.0448. The fraction of sp³-hybridized carbons (Fsp3) is 0.647. The third-order valence-corrected chi connectivity index (χ3v) is 4.64. The molecule has 1 aromatic carbocycles. The van der Waals surface area contributed by atoms with Crippen molar-refractivity contribution in [3.63, 3.8) is 0 Å². The van der Waals surface area contributed by atoms with E-state index in [4.69, 9.17) is 18.9 Å². The van der Waals surface area contributed by atoms with Gasteiger partial charge in [-0.25, -0.2) is 0 Å². The predicted octanol–water partition coefficient (Wildman–Crippen LogP) is 2.74. The van der Waals surface area contributed by atoms with Crippen LogP contribution in [0.5, 0.6) is 0 Å². The molecule has 0 saturated carbocycles. The van der Waals surface area contributed by atoms with Crippen LogP contribution in [0, 0.1) is 6.92 Å². The highest BCUT2D eigenvalue weighted by Gasteiger charge is 2.35. The molecule has 2 heterocycles. The van der Waals surface area contributed by atoms with E-state index in [-0.39, 0.29) is 11.7 Å². The number of benzene rings is 1. The minimum Gasteiger partial charge on any atom is -0.384 e. The number of aryl methyl sites for hydroxylation is 1. The van der Waals surface area contributed by atoms with Crippen molar-refractivity contribution in [2.75, 3.05) is 40.1 Å². The molecule has 21 heavy (non-hydrogen) atoms. The fourth-order valence-electron chi connectivity index (χ4n) is 3.32. The van der Waals surface area contributed by atoms with Crippen LogP contribution in [-0.4, -0.2) is 40.1 Å². The summed E-state index contributed by atoms with van der Waals surface area (Å²) >= 11 is 0. The summed E-state index contributed by atoms with van der Waals surface area (Å²) in [7, 11) is 1.77. The third-order valence-electron chi connectivity index (χ3n) is 4.64. The summed E-state index contributed by atoms with van der Waals surface area (Å²) in [5.41, 5.74) is 3.72. The summed E-state index contributed by atoms with van der Waals surface area (Å²) in [6.45, 7) is 5.77. The summed E-state index contributed by atoms with van der Waals surface area (Å²) in [6.07, 6.45) is 1.77. The quantitative estimate of drug-likeness (QED) is 0.855. The van der Waals surface area contributed by atoms with Gasteiger partial charge in [-0.3, -0.25) is 0 Å². The van der Waals surface area contributed by atoms with Gasteiger partial charge in [0.2, 0.25) is 0 Å². The molecule has 0 unspecified atom stereocenters. The number of ether oxygens (including phenoxy) is 4. The smallest absolute Gasteiger partial charge is 0.184 e. The third kappa shape index (κ3) is 2.99. The lowest BCUT2D eigenvalue weighted by Crippen LogP contribution is -2.38. The van der Waals surface area contributed by atoms with Crippen LogP contribution in [0.3, 0.4) is 0 Å². The van der Waals surface area contributed by atoms with Crippen molar-refractivity contribution in [3.8, 4) is 0 Å². The van der Waals surface area contributed by atoms with Crippen LogP contribution >= 0.6 is 0 Å². The van der Waals surface area contributed by atoms with Crippen molar-refractivity contribution in [1.82, 2.24) is 0 Å². The first-order chi connectivity index (χ1) is 10.2. The van der Waals surface area contributed by atoms with Crippen LogP contribution in [0.15, 0.2) is 18.2 Å². The highest BCUT2D eigenvalue weighted by molar-refractivity contribution is 5.37. The van der Waals surface area contributed by atoms with Gasteiger partial charge in [-0.1, -0.05) is 12.1 Å². The van der Waals surface area contributed by atoms with Gasteiger partial charge >= 0.3 is 0 Å². The van der Waals surface area contributed by atoms with E-state index < -0.39 is 0 Å². The molecule has 4 nitrogen and oxygen atoms in total. The molecule has 2 aliphatic rings. The maximum absolute atomic E-state index is 5.68. The van der Waals surface area contributed by atoms with Gasteiger partial charge in [-0.15, -0.1) is 0 Å². The Balaban J connectivity index is 1.94. The van der Waals surface area contributed by atoms with Crippen molar-refractivity contribution in [2.24, 2.45) is 0 Å². The first kappa shape index (κ1) is 15.0. The predicted molar refractivity (Wildman–Crippen MR) is 79.4 cm³/mol. The van der Waals surface area contributed by atoms with Gasteiger partial charge in [-0.2, -0.15) is 0 Å². The molecule has 2 aliphatic heterocycles. The molecule has 0 atom stereocenters. The average Bonchev–Trinajstić information content (AvgIpc) is 3.03. The van der Waals surface area contributed by atoms with Crippen LogP contribution in [-0.2, 0) is 24.4 Å². The van der Waals surface area contributed by atoms with Gasteiger partial charge in [-0.05, 0) is 37.0 Å². The normalized spacial score (nSPS) is 22.6. The second-order valence-electron chi connectivity index (χ2n) is 5.97. The summed E-state index contributed by atoms with van der Waals surface area (Å²) in [5.74, 6) is 0. The van der Waals surface area contributed by atoms with E-state index in [1.807, 2.05) is 0 Å². The van der Waals surface area contributed by atoms with Crippen LogP contribution in [0.2, 0.25) is 0 Å². The lowest BCUT2D eigenvalue weighted by Gasteiger charge is -2.37. The Morgan fingerprint density at radius 3 is 2.52 bits per heavy atom. The molecular weight excluding hydrogens is 268 g/mol. The van der Waals surface area contributed by atoms with Crippen molar-refractivity contribution in [2.45, 2.75) is 31.5 Å². The SMILES string of the molecule is COCC1(c2ccc(C)c(C3OCCO3)c2)CCOCC1. The maximum atomic E-state index is 5.68. The fourth-order valence-corrected chi connectivity index (χ4v) is 3.32. The molecule has 2 fully saturated rings. The average molecular weight is 292 g/mol. The Labute approximate surface area is 126 Å². The molecule has 116 valence electrons. The molecule has 4 heteroatoms. The van der Waals surface area contributed by atoms with Crippen LogP contribution in [0.4, 0.5) is 0 Å². The summed E-state index contributed by atoms with van der Waals surface area (Å²) in [4.78, 5) is 0. The number of hydrogen-bond acceptors (Lipinski definition) is 4. The van der Waals surface area contributed by atoms with E-state index in [0.717, 1.165) is 38.2 Å². The molecule has 0 bridgehead atoms. The van der Waals surface area contributed by atoms with Crippen molar-refractivity contribution in [3.05, 3.63) is 34.9 Å². The zero-order valence-electron chi connectivity index (χ0n) is 12.9. The van der Waals surface area contributed by atoms with Crippen molar-refractivity contribution < 1.29 is 18.9 Å². The molecule has 3 rings (SSSR count).